The van der Waals surface area contributed by atoms with Gasteiger partial charge in [0.25, 0.3) is 0 Å². The maximum Gasteiger partial charge on any atom is 0.166 e. The van der Waals surface area contributed by atoms with E-state index in [1.807, 2.05) is 60.9 Å². The Balaban J connectivity index is 1.87. The smallest absolute Gasteiger partial charge is 0.166 e. The van der Waals surface area contributed by atoms with Crippen LogP contribution < -0.4 is 10.1 Å². The molecule has 6 heteroatoms. The fourth-order valence-corrected chi connectivity index (χ4v) is 2.91. The van der Waals surface area contributed by atoms with E-state index >= 15 is 0 Å². The van der Waals surface area contributed by atoms with Crippen molar-refractivity contribution in [2.75, 3.05) is 12.4 Å². The fraction of sp³-hybridized carbons (Fsp3) is 0.190. The highest BCUT2D eigenvalue weighted by molar-refractivity contribution is 5.87. The van der Waals surface area contributed by atoms with Crippen LogP contribution in [0.15, 0.2) is 60.9 Å². The monoisotopic (exact) mass is 359 g/mol. The number of para-hydroxylation sites is 1. The second-order valence-corrected chi connectivity index (χ2v) is 6.53. The van der Waals surface area contributed by atoms with E-state index < -0.39 is 0 Å². The summed E-state index contributed by atoms with van der Waals surface area (Å²) in [6, 6.07) is 17.9. The summed E-state index contributed by atoms with van der Waals surface area (Å²) in [4.78, 5) is 14.1. The molecule has 2 aromatic carbocycles. The minimum absolute atomic E-state index is 0.248. The molecule has 4 rings (SSSR count). The molecular formula is C21H21N5O. The van der Waals surface area contributed by atoms with Crippen LogP contribution in [0.3, 0.4) is 0 Å². The van der Waals surface area contributed by atoms with Crippen molar-refractivity contribution in [2.45, 2.75) is 19.9 Å². The van der Waals surface area contributed by atoms with Gasteiger partial charge in [-0.05, 0) is 50.2 Å². The van der Waals surface area contributed by atoms with E-state index in [-0.39, 0.29) is 6.04 Å². The third kappa shape index (κ3) is 3.33. The van der Waals surface area contributed by atoms with E-state index in [9.17, 15) is 0 Å². The molecule has 0 radical (unpaired) electrons. The lowest BCUT2D eigenvalue weighted by Crippen LogP contribution is -2.03. The number of imidazole rings is 1. The first-order chi connectivity index (χ1) is 13.2. The van der Waals surface area contributed by atoms with Gasteiger partial charge in [-0.25, -0.2) is 15.0 Å². The average molecular weight is 359 g/mol. The van der Waals surface area contributed by atoms with Crippen LogP contribution in [0.4, 0.5) is 11.5 Å². The molecule has 0 aliphatic heterocycles. The van der Waals surface area contributed by atoms with Gasteiger partial charge in [0.1, 0.15) is 5.75 Å². The predicted octanol–water partition coefficient (Wildman–Crippen LogP) is 4.83. The SMILES string of the molecule is COc1ccc(-c2nc(Nc3ccccc3)c3ncn(C(C)C)c3n2)cc1. The Morgan fingerprint density at radius 3 is 2.37 bits per heavy atom. The average Bonchev–Trinajstić information content (AvgIpc) is 3.13. The Morgan fingerprint density at radius 1 is 0.963 bits per heavy atom. The summed E-state index contributed by atoms with van der Waals surface area (Å²) in [5, 5.41) is 3.38. The molecule has 136 valence electrons. The van der Waals surface area contributed by atoms with Gasteiger partial charge in [0.05, 0.1) is 13.4 Å². The van der Waals surface area contributed by atoms with E-state index in [0.29, 0.717) is 11.6 Å². The van der Waals surface area contributed by atoms with Gasteiger partial charge in [-0.2, -0.15) is 0 Å². The molecule has 4 aromatic rings. The number of anilines is 2. The second kappa shape index (κ2) is 7.07. The highest BCUT2D eigenvalue weighted by atomic mass is 16.5. The van der Waals surface area contributed by atoms with Crippen LogP contribution in [-0.2, 0) is 0 Å². The molecular weight excluding hydrogens is 338 g/mol. The zero-order valence-electron chi connectivity index (χ0n) is 15.5. The molecule has 0 fully saturated rings. The van der Waals surface area contributed by atoms with Crippen LogP contribution in [0.25, 0.3) is 22.6 Å². The van der Waals surface area contributed by atoms with Crippen molar-refractivity contribution in [1.29, 1.82) is 0 Å². The van der Waals surface area contributed by atoms with Crippen molar-refractivity contribution in [3.05, 3.63) is 60.9 Å². The van der Waals surface area contributed by atoms with Gasteiger partial charge in [0.15, 0.2) is 22.8 Å². The summed E-state index contributed by atoms with van der Waals surface area (Å²) in [5.74, 6) is 2.14. The number of fused-ring (bicyclic) bond motifs is 1. The Morgan fingerprint density at radius 2 is 1.70 bits per heavy atom. The molecule has 2 heterocycles. The van der Waals surface area contributed by atoms with E-state index in [4.69, 9.17) is 14.7 Å². The van der Waals surface area contributed by atoms with E-state index in [1.54, 1.807) is 7.11 Å². The number of rotatable bonds is 5. The number of hydrogen-bond donors (Lipinski definition) is 1. The number of nitrogens with zero attached hydrogens (tertiary/aromatic N) is 4. The van der Waals surface area contributed by atoms with Crippen molar-refractivity contribution in [1.82, 2.24) is 19.5 Å². The van der Waals surface area contributed by atoms with Crippen molar-refractivity contribution in [2.24, 2.45) is 0 Å². The Kier molecular flexibility index (Phi) is 4.46. The van der Waals surface area contributed by atoms with Crippen molar-refractivity contribution < 1.29 is 4.74 Å². The standard InChI is InChI=1S/C21H21N5O/c1-14(2)26-13-22-18-20(23-16-7-5-4-6-8-16)24-19(25-21(18)26)15-9-11-17(27-3)12-10-15/h4-14H,1-3H3,(H,23,24,25). The lowest BCUT2D eigenvalue weighted by atomic mass is 10.2. The van der Waals surface area contributed by atoms with E-state index in [2.05, 4.69) is 28.7 Å². The molecule has 0 aliphatic rings. The van der Waals surface area contributed by atoms with E-state index in [1.165, 1.54) is 0 Å². The first-order valence-corrected chi connectivity index (χ1v) is 8.87. The maximum atomic E-state index is 5.25. The number of hydrogen-bond acceptors (Lipinski definition) is 5. The predicted molar refractivity (Wildman–Crippen MR) is 107 cm³/mol. The zero-order chi connectivity index (χ0) is 18.8. The van der Waals surface area contributed by atoms with Crippen LogP contribution in [0, 0.1) is 0 Å². The molecule has 0 atom stereocenters. The molecule has 6 nitrogen and oxygen atoms in total. The summed E-state index contributed by atoms with van der Waals surface area (Å²) in [7, 11) is 1.65. The van der Waals surface area contributed by atoms with Gasteiger partial charge in [-0.15, -0.1) is 0 Å². The Bertz CT molecular complexity index is 1060. The van der Waals surface area contributed by atoms with Crippen molar-refractivity contribution >= 4 is 22.7 Å². The minimum Gasteiger partial charge on any atom is -0.497 e. The number of benzene rings is 2. The Labute approximate surface area is 157 Å². The van der Waals surface area contributed by atoms with Crippen molar-refractivity contribution in [3.63, 3.8) is 0 Å². The molecule has 27 heavy (non-hydrogen) atoms. The number of aromatic nitrogens is 4. The molecule has 1 N–H and O–H groups in total. The third-order valence-corrected chi connectivity index (χ3v) is 4.36. The summed E-state index contributed by atoms with van der Waals surface area (Å²) in [6.45, 7) is 4.22. The van der Waals surface area contributed by atoms with Crippen LogP contribution >= 0.6 is 0 Å². The third-order valence-electron chi connectivity index (χ3n) is 4.36. The van der Waals surface area contributed by atoms with Gasteiger partial charge in [0, 0.05) is 17.3 Å². The molecule has 0 bridgehead atoms. The normalized spacial score (nSPS) is 11.1. The van der Waals surface area contributed by atoms with Gasteiger partial charge in [0.2, 0.25) is 0 Å². The lowest BCUT2D eigenvalue weighted by molar-refractivity contribution is 0.415. The summed E-state index contributed by atoms with van der Waals surface area (Å²) in [6.07, 6.45) is 1.82. The van der Waals surface area contributed by atoms with E-state index in [0.717, 1.165) is 28.2 Å². The zero-order valence-corrected chi connectivity index (χ0v) is 15.5. The van der Waals surface area contributed by atoms with Crippen LogP contribution in [0.2, 0.25) is 0 Å². The Hall–Kier alpha value is -3.41. The minimum atomic E-state index is 0.248. The number of methoxy groups -OCH3 is 1. The quantitative estimate of drug-likeness (QED) is 0.553. The van der Waals surface area contributed by atoms with Crippen LogP contribution in [0.1, 0.15) is 19.9 Å². The largest absolute Gasteiger partial charge is 0.497 e. The molecule has 0 saturated heterocycles. The maximum absolute atomic E-state index is 5.25. The van der Waals surface area contributed by atoms with Gasteiger partial charge >= 0.3 is 0 Å². The molecule has 0 spiro atoms. The van der Waals surface area contributed by atoms with Crippen LogP contribution in [0.5, 0.6) is 5.75 Å². The number of ether oxygens (including phenoxy) is 1. The highest BCUT2D eigenvalue weighted by Crippen LogP contribution is 2.28. The fourth-order valence-electron chi connectivity index (χ4n) is 2.91. The summed E-state index contributed by atoms with van der Waals surface area (Å²) >= 11 is 0. The first-order valence-electron chi connectivity index (χ1n) is 8.87. The highest BCUT2D eigenvalue weighted by Gasteiger charge is 2.16. The van der Waals surface area contributed by atoms with Crippen LogP contribution in [-0.4, -0.2) is 26.6 Å². The van der Waals surface area contributed by atoms with Crippen molar-refractivity contribution in [3.8, 4) is 17.1 Å². The molecule has 2 aromatic heterocycles. The van der Waals surface area contributed by atoms with Gasteiger partial charge in [-0.3, -0.25) is 0 Å². The first kappa shape index (κ1) is 17.0. The molecule has 0 unspecified atom stereocenters. The lowest BCUT2D eigenvalue weighted by Gasteiger charge is -2.11. The summed E-state index contributed by atoms with van der Waals surface area (Å²) < 4.78 is 7.30. The molecule has 0 saturated carbocycles. The second-order valence-electron chi connectivity index (χ2n) is 6.53. The summed E-state index contributed by atoms with van der Waals surface area (Å²) in [5.41, 5.74) is 3.44. The topological polar surface area (TPSA) is 64.9 Å². The van der Waals surface area contributed by atoms with Gasteiger partial charge in [-0.1, -0.05) is 18.2 Å². The molecule has 0 amide bonds. The molecule has 0 aliphatic carbocycles. The number of nitrogens with one attached hydrogen (secondary N) is 1. The van der Waals surface area contributed by atoms with Gasteiger partial charge < -0.3 is 14.6 Å².